The van der Waals surface area contributed by atoms with E-state index in [0.717, 1.165) is 27.0 Å². The first-order chi connectivity index (χ1) is 13.8. The molecule has 4 rings (SSSR count). The largest absolute Gasteiger partial charge is 0.418 e. The Labute approximate surface area is 169 Å². The summed E-state index contributed by atoms with van der Waals surface area (Å²) in [6, 6.07) is 10.5. The highest BCUT2D eigenvalue weighted by Gasteiger charge is 2.34. The number of anilines is 2. The minimum atomic E-state index is -4.52. The predicted molar refractivity (Wildman–Crippen MR) is 109 cm³/mol. The monoisotopic (exact) mass is 420 g/mol. The second-order valence-electron chi connectivity index (χ2n) is 6.87. The number of halogens is 3. The number of para-hydroxylation sites is 2. The Bertz CT molecular complexity index is 1040. The average Bonchev–Trinajstić information content (AvgIpc) is 3.13. The third-order valence-electron chi connectivity index (χ3n) is 4.92. The van der Waals surface area contributed by atoms with Crippen LogP contribution in [0.25, 0.3) is 10.2 Å². The topological polar surface area (TPSA) is 48.5 Å². The summed E-state index contributed by atoms with van der Waals surface area (Å²) in [6.45, 7) is 4.00. The zero-order valence-electron chi connectivity index (χ0n) is 15.7. The molecule has 0 spiro atoms. The van der Waals surface area contributed by atoms with Crippen molar-refractivity contribution in [3.05, 3.63) is 53.6 Å². The van der Waals surface area contributed by atoms with Crippen LogP contribution in [0.15, 0.2) is 42.5 Å². The number of alkyl halides is 3. The molecule has 152 valence electrons. The van der Waals surface area contributed by atoms with Gasteiger partial charge in [-0.1, -0.05) is 35.6 Å². The molecule has 1 aromatic heterocycles. The maximum absolute atomic E-state index is 13.1. The number of aromatic nitrogens is 1. The number of nitrogens with zero attached hydrogens (tertiary/aromatic N) is 3. The van der Waals surface area contributed by atoms with Gasteiger partial charge in [-0.3, -0.25) is 0 Å². The summed E-state index contributed by atoms with van der Waals surface area (Å²) in [5, 5.41) is 3.31. The van der Waals surface area contributed by atoms with Crippen LogP contribution in [-0.4, -0.2) is 42.1 Å². The minimum Gasteiger partial charge on any atom is -0.345 e. The number of carbonyl (C=O) groups excluding carboxylic acids is 1. The van der Waals surface area contributed by atoms with Crippen molar-refractivity contribution in [2.45, 2.75) is 13.1 Å². The van der Waals surface area contributed by atoms with E-state index in [2.05, 4.69) is 10.2 Å². The molecule has 2 heterocycles. The van der Waals surface area contributed by atoms with E-state index in [0.29, 0.717) is 26.2 Å². The lowest BCUT2D eigenvalue weighted by Crippen LogP contribution is -2.50. The smallest absolute Gasteiger partial charge is 0.345 e. The number of carbonyl (C=O) groups is 1. The number of fused-ring (bicyclic) bond motifs is 1. The molecule has 2 aromatic carbocycles. The number of thiazole rings is 1. The van der Waals surface area contributed by atoms with E-state index < -0.39 is 17.8 Å². The van der Waals surface area contributed by atoms with E-state index in [9.17, 15) is 18.0 Å². The molecule has 29 heavy (non-hydrogen) atoms. The molecule has 0 radical (unpaired) electrons. The number of nitrogens with one attached hydrogen (secondary N) is 1. The second kappa shape index (κ2) is 7.55. The van der Waals surface area contributed by atoms with Crippen molar-refractivity contribution in [1.82, 2.24) is 9.88 Å². The molecular formula is C20H19F3N4OS. The average molecular weight is 420 g/mol. The molecule has 1 aliphatic rings. The Morgan fingerprint density at radius 1 is 1.07 bits per heavy atom. The number of hydrogen-bond donors (Lipinski definition) is 1. The van der Waals surface area contributed by atoms with Crippen LogP contribution < -0.4 is 10.2 Å². The Hall–Kier alpha value is -2.81. The number of aryl methyl sites for hydroxylation is 1. The van der Waals surface area contributed by atoms with Crippen LogP contribution >= 0.6 is 11.3 Å². The van der Waals surface area contributed by atoms with Crippen LogP contribution in [-0.2, 0) is 6.18 Å². The van der Waals surface area contributed by atoms with E-state index >= 15 is 0 Å². The van der Waals surface area contributed by atoms with Crippen LogP contribution in [0, 0.1) is 6.92 Å². The lowest BCUT2D eigenvalue weighted by Gasteiger charge is -2.34. The van der Waals surface area contributed by atoms with Crippen molar-refractivity contribution < 1.29 is 18.0 Å². The molecule has 0 aliphatic carbocycles. The summed E-state index contributed by atoms with van der Waals surface area (Å²) >= 11 is 1.61. The van der Waals surface area contributed by atoms with Crippen molar-refractivity contribution in [3.63, 3.8) is 0 Å². The lowest BCUT2D eigenvalue weighted by atomic mass is 10.1. The fourth-order valence-corrected chi connectivity index (χ4v) is 4.44. The van der Waals surface area contributed by atoms with Crippen molar-refractivity contribution in [2.75, 3.05) is 36.4 Å². The molecule has 1 N–H and O–H groups in total. The summed E-state index contributed by atoms with van der Waals surface area (Å²) in [4.78, 5) is 20.8. The van der Waals surface area contributed by atoms with Gasteiger partial charge in [-0.25, -0.2) is 9.78 Å². The number of benzene rings is 2. The van der Waals surface area contributed by atoms with Crippen molar-refractivity contribution >= 4 is 38.4 Å². The summed E-state index contributed by atoms with van der Waals surface area (Å²) in [7, 11) is 0. The van der Waals surface area contributed by atoms with Crippen LogP contribution in [0.1, 0.15) is 11.1 Å². The molecule has 3 aromatic rings. The number of hydrogen-bond acceptors (Lipinski definition) is 4. The van der Waals surface area contributed by atoms with Crippen molar-refractivity contribution in [2.24, 2.45) is 0 Å². The highest BCUT2D eigenvalue weighted by Crippen LogP contribution is 2.35. The van der Waals surface area contributed by atoms with Crippen LogP contribution in [0.3, 0.4) is 0 Å². The van der Waals surface area contributed by atoms with Crippen LogP contribution in [0.4, 0.5) is 28.8 Å². The van der Waals surface area contributed by atoms with Gasteiger partial charge in [0.05, 0.1) is 21.5 Å². The van der Waals surface area contributed by atoms with E-state index in [1.165, 1.54) is 23.1 Å². The third-order valence-corrected chi connectivity index (χ3v) is 6.00. The summed E-state index contributed by atoms with van der Waals surface area (Å²) in [6.07, 6.45) is -4.52. The number of piperazine rings is 1. The van der Waals surface area contributed by atoms with Gasteiger partial charge >= 0.3 is 12.2 Å². The molecule has 5 nitrogen and oxygen atoms in total. The first-order valence-corrected chi connectivity index (χ1v) is 9.98. The first-order valence-electron chi connectivity index (χ1n) is 9.16. The van der Waals surface area contributed by atoms with Crippen molar-refractivity contribution in [1.29, 1.82) is 0 Å². The van der Waals surface area contributed by atoms with Gasteiger partial charge in [0.2, 0.25) is 0 Å². The van der Waals surface area contributed by atoms with Crippen LogP contribution in [0.5, 0.6) is 0 Å². The highest BCUT2D eigenvalue weighted by molar-refractivity contribution is 7.22. The molecular weight excluding hydrogens is 401 g/mol. The summed E-state index contributed by atoms with van der Waals surface area (Å²) in [5.41, 5.74) is 1.02. The van der Waals surface area contributed by atoms with Gasteiger partial charge in [-0.05, 0) is 30.7 Å². The molecule has 9 heteroatoms. The SMILES string of the molecule is Cc1cccc2sc(N3CCN(C(=O)Nc4ccccc4C(F)(F)F)CC3)nc12. The van der Waals surface area contributed by atoms with Gasteiger partial charge in [0, 0.05) is 26.2 Å². The Kier molecular flexibility index (Phi) is 5.08. The minimum absolute atomic E-state index is 0.228. The van der Waals surface area contributed by atoms with Gasteiger partial charge < -0.3 is 15.1 Å². The van der Waals surface area contributed by atoms with Gasteiger partial charge in [0.1, 0.15) is 0 Å². The van der Waals surface area contributed by atoms with Gasteiger partial charge in [0.25, 0.3) is 0 Å². The molecule has 0 saturated carbocycles. The normalized spacial score (nSPS) is 15.0. The van der Waals surface area contributed by atoms with Gasteiger partial charge in [-0.15, -0.1) is 0 Å². The summed E-state index contributed by atoms with van der Waals surface area (Å²) in [5.74, 6) is 0. The maximum Gasteiger partial charge on any atom is 0.418 e. The fraction of sp³-hybridized carbons (Fsp3) is 0.300. The summed E-state index contributed by atoms with van der Waals surface area (Å²) < 4.78 is 40.5. The Morgan fingerprint density at radius 2 is 1.79 bits per heavy atom. The molecule has 2 amide bonds. The van der Waals surface area contributed by atoms with E-state index in [1.807, 2.05) is 25.1 Å². The number of amides is 2. The standard InChI is InChI=1S/C20H19F3N4OS/c1-13-5-4-8-16-17(13)25-19(29-16)27-11-9-26(10-12-27)18(28)24-15-7-3-2-6-14(15)20(21,22)23/h2-8H,9-12H2,1H3,(H,24,28). The maximum atomic E-state index is 13.1. The van der Waals surface area contributed by atoms with E-state index in [1.54, 1.807) is 11.3 Å². The van der Waals surface area contributed by atoms with Gasteiger partial charge in [0.15, 0.2) is 5.13 Å². The first kappa shape index (κ1) is 19.5. The van der Waals surface area contributed by atoms with Crippen LogP contribution in [0.2, 0.25) is 0 Å². The lowest BCUT2D eigenvalue weighted by molar-refractivity contribution is -0.136. The molecule has 1 fully saturated rings. The van der Waals surface area contributed by atoms with Gasteiger partial charge in [-0.2, -0.15) is 13.2 Å². The van der Waals surface area contributed by atoms with E-state index in [-0.39, 0.29) is 5.69 Å². The zero-order chi connectivity index (χ0) is 20.6. The molecule has 1 saturated heterocycles. The number of urea groups is 1. The van der Waals surface area contributed by atoms with Crippen molar-refractivity contribution in [3.8, 4) is 0 Å². The molecule has 0 unspecified atom stereocenters. The quantitative estimate of drug-likeness (QED) is 0.636. The Balaban J connectivity index is 1.42. The zero-order valence-corrected chi connectivity index (χ0v) is 16.5. The predicted octanol–water partition coefficient (Wildman–Crippen LogP) is 4.98. The molecule has 0 atom stereocenters. The molecule has 0 bridgehead atoms. The van der Waals surface area contributed by atoms with E-state index in [4.69, 9.17) is 4.98 Å². The fourth-order valence-electron chi connectivity index (χ4n) is 3.34. The molecule has 1 aliphatic heterocycles. The third kappa shape index (κ3) is 4.00. The number of rotatable bonds is 2. The Morgan fingerprint density at radius 3 is 2.48 bits per heavy atom. The second-order valence-corrected chi connectivity index (χ2v) is 7.87. The highest BCUT2D eigenvalue weighted by atomic mass is 32.1.